The van der Waals surface area contributed by atoms with Crippen molar-refractivity contribution < 1.29 is 17.9 Å². The van der Waals surface area contributed by atoms with Crippen LogP contribution in [-0.2, 0) is 18.3 Å². The van der Waals surface area contributed by atoms with Gasteiger partial charge in [0.25, 0.3) is 0 Å². The van der Waals surface area contributed by atoms with Gasteiger partial charge in [0.05, 0.1) is 30.1 Å². The zero-order chi connectivity index (χ0) is 30.9. The number of aromatic amines is 1. The van der Waals surface area contributed by atoms with Gasteiger partial charge < -0.3 is 15.0 Å². The average Bonchev–Trinajstić information content (AvgIpc) is 3.65. The second-order valence-electron chi connectivity index (χ2n) is 12.2. The molecule has 44 heavy (non-hydrogen) atoms. The van der Waals surface area contributed by atoms with Crippen LogP contribution in [0.2, 0.25) is 0 Å². The van der Waals surface area contributed by atoms with E-state index in [-0.39, 0.29) is 24.2 Å². The second kappa shape index (κ2) is 12.1. The van der Waals surface area contributed by atoms with Gasteiger partial charge in [-0.05, 0) is 44.2 Å². The fourth-order valence-corrected chi connectivity index (χ4v) is 6.20. The van der Waals surface area contributed by atoms with Gasteiger partial charge in [-0.2, -0.15) is 28.5 Å². The molecule has 1 saturated heterocycles. The van der Waals surface area contributed by atoms with Gasteiger partial charge in [0.15, 0.2) is 0 Å². The molecule has 4 aromatic heterocycles. The Bertz CT molecular complexity index is 1630. The molecule has 2 aliphatic rings. The largest absolute Gasteiger partial charge is 0.474 e. The van der Waals surface area contributed by atoms with Crippen LogP contribution in [0.1, 0.15) is 57.5 Å². The predicted octanol–water partition coefficient (Wildman–Crippen LogP) is 4.69. The van der Waals surface area contributed by atoms with Crippen molar-refractivity contribution in [2.24, 2.45) is 5.92 Å². The molecule has 0 radical (unpaired) electrons. The van der Waals surface area contributed by atoms with Crippen molar-refractivity contribution in [2.45, 2.75) is 76.4 Å². The fourth-order valence-electron chi connectivity index (χ4n) is 6.20. The summed E-state index contributed by atoms with van der Waals surface area (Å²) in [5.41, 5.74) is 2.23. The highest BCUT2D eigenvalue weighted by atomic mass is 19.4. The lowest BCUT2D eigenvalue weighted by Crippen LogP contribution is -2.65. The topological polar surface area (TPSA) is 133 Å². The van der Waals surface area contributed by atoms with Gasteiger partial charge in [0.1, 0.15) is 23.6 Å². The number of hydrogen-bond donors (Lipinski definition) is 2. The maximum Gasteiger partial charge on any atom is 0.451 e. The highest BCUT2D eigenvalue weighted by Crippen LogP contribution is 2.39. The standard InChI is InChI=1S/C30H35F3N10O/c1-19(2)12-35-14-21-11-25(41-28(40-21)30(31,32)33)44-23-5-3-22(4-6-23)42-16-29(17-42,8-9-34)43-15-20(13-39-43)26-24-7-10-36-27(24)38-18-37-26/h7,10-11,13,15,18-19,22-23,35H,3-6,8,12,14,16-17H2,1-2H3,(H,36,37,38)/t22-,23+. The van der Waals surface area contributed by atoms with Crippen LogP contribution < -0.4 is 10.1 Å². The first kappa shape index (κ1) is 30.0. The summed E-state index contributed by atoms with van der Waals surface area (Å²) >= 11 is 0. The molecule has 2 N–H and O–H groups in total. The number of nitrogens with one attached hydrogen (secondary N) is 2. The van der Waals surface area contributed by atoms with Crippen LogP contribution in [0, 0.1) is 17.2 Å². The SMILES string of the molecule is CC(C)CNCc1cc(O[C@H]2CC[C@@H](N3CC(CC#N)(n4cc(-c5ncnc6[nH]ccc56)cn4)C3)CC2)nc(C(F)(F)F)n1. The Labute approximate surface area is 252 Å². The molecule has 0 amide bonds. The third-order valence-corrected chi connectivity index (χ3v) is 8.41. The van der Waals surface area contributed by atoms with Crippen LogP contribution >= 0.6 is 0 Å². The molecule has 4 aromatic rings. The third-order valence-electron chi connectivity index (χ3n) is 8.41. The van der Waals surface area contributed by atoms with Crippen molar-refractivity contribution in [3.8, 4) is 23.2 Å². The Hall–Kier alpha value is -4.09. The van der Waals surface area contributed by atoms with E-state index in [0.717, 1.165) is 35.1 Å². The zero-order valence-electron chi connectivity index (χ0n) is 24.7. The molecule has 14 heteroatoms. The molecule has 0 spiro atoms. The lowest BCUT2D eigenvalue weighted by molar-refractivity contribution is -0.145. The first-order valence-electron chi connectivity index (χ1n) is 14.9. The molecule has 232 valence electrons. The van der Waals surface area contributed by atoms with Crippen molar-refractivity contribution in [3.63, 3.8) is 0 Å². The van der Waals surface area contributed by atoms with Gasteiger partial charge >= 0.3 is 6.18 Å². The Morgan fingerprint density at radius 1 is 1.18 bits per heavy atom. The van der Waals surface area contributed by atoms with Crippen LogP contribution in [0.4, 0.5) is 13.2 Å². The number of nitrogens with zero attached hydrogens (tertiary/aromatic N) is 8. The summed E-state index contributed by atoms with van der Waals surface area (Å²) in [4.78, 5) is 21.6. The minimum Gasteiger partial charge on any atom is -0.474 e. The van der Waals surface area contributed by atoms with E-state index < -0.39 is 17.5 Å². The van der Waals surface area contributed by atoms with Crippen molar-refractivity contribution in [1.29, 1.82) is 5.26 Å². The molecule has 6 rings (SSSR count). The number of rotatable bonds is 10. The molecular formula is C30H35F3N10O. The molecule has 0 bridgehead atoms. The van der Waals surface area contributed by atoms with Crippen molar-refractivity contribution in [1.82, 2.24) is 44.9 Å². The number of alkyl halides is 3. The van der Waals surface area contributed by atoms with Crippen LogP contribution in [0.25, 0.3) is 22.3 Å². The van der Waals surface area contributed by atoms with E-state index in [1.807, 2.05) is 37.0 Å². The molecular weight excluding hydrogens is 573 g/mol. The van der Waals surface area contributed by atoms with Gasteiger partial charge in [-0.15, -0.1) is 0 Å². The fraction of sp³-hybridized carbons (Fsp3) is 0.533. The number of halogens is 3. The molecule has 1 aliphatic carbocycles. The van der Waals surface area contributed by atoms with Gasteiger partial charge in [-0.1, -0.05) is 13.8 Å². The van der Waals surface area contributed by atoms with Crippen LogP contribution in [-0.4, -0.2) is 71.4 Å². The van der Waals surface area contributed by atoms with Gasteiger partial charge in [0.2, 0.25) is 11.7 Å². The monoisotopic (exact) mass is 608 g/mol. The van der Waals surface area contributed by atoms with Crippen molar-refractivity contribution in [2.75, 3.05) is 19.6 Å². The number of likely N-dealkylation sites (tertiary alicyclic amines) is 1. The Morgan fingerprint density at radius 3 is 2.70 bits per heavy atom. The van der Waals surface area contributed by atoms with Gasteiger partial charge in [-0.3, -0.25) is 9.58 Å². The maximum atomic E-state index is 13.5. The lowest BCUT2D eigenvalue weighted by Gasteiger charge is -2.53. The number of nitriles is 1. The number of ether oxygens (including phenoxy) is 1. The molecule has 5 heterocycles. The minimum atomic E-state index is -4.66. The van der Waals surface area contributed by atoms with Crippen LogP contribution in [0.3, 0.4) is 0 Å². The first-order chi connectivity index (χ1) is 21.1. The summed E-state index contributed by atoms with van der Waals surface area (Å²) < 4.78 is 48.4. The highest BCUT2D eigenvalue weighted by Gasteiger charge is 2.48. The van der Waals surface area contributed by atoms with E-state index in [2.05, 4.69) is 46.3 Å². The van der Waals surface area contributed by atoms with Crippen LogP contribution in [0.5, 0.6) is 5.88 Å². The lowest BCUT2D eigenvalue weighted by atomic mass is 9.82. The quantitative estimate of drug-likeness (QED) is 0.263. The van der Waals surface area contributed by atoms with Gasteiger partial charge in [-0.25, -0.2) is 15.0 Å². The van der Waals surface area contributed by atoms with E-state index in [1.165, 1.54) is 12.4 Å². The average molecular weight is 609 g/mol. The second-order valence-corrected chi connectivity index (χ2v) is 12.2. The molecule has 1 saturated carbocycles. The van der Waals surface area contributed by atoms with E-state index in [9.17, 15) is 18.4 Å². The highest BCUT2D eigenvalue weighted by molar-refractivity contribution is 5.90. The summed E-state index contributed by atoms with van der Waals surface area (Å²) in [7, 11) is 0. The maximum absolute atomic E-state index is 13.5. The van der Waals surface area contributed by atoms with Gasteiger partial charge in [0, 0.05) is 55.1 Å². The van der Waals surface area contributed by atoms with E-state index in [4.69, 9.17) is 4.74 Å². The summed E-state index contributed by atoms with van der Waals surface area (Å²) in [6.07, 6.45) is 5.60. The third kappa shape index (κ3) is 6.25. The number of aromatic nitrogens is 7. The Kier molecular flexibility index (Phi) is 8.26. The Morgan fingerprint density at radius 2 is 1.98 bits per heavy atom. The van der Waals surface area contributed by atoms with E-state index in [1.54, 1.807) is 6.20 Å². The molecule has 1 aliphatic heterocycles. The molecule has 0 aromatic carbocycles. The summed E-state index contributed by atoms with van der Waals surface area (Å²) in [6, 6.07) is 6.07. The minimum absolute atomic E-state index is 0.0378. The summed E-state index contributed by atoms with van der Waals surface area (Å²) in [5, 5.41) is 18.3. The zero-order valence-corrected chi connectivity index (χ0v) is 24.7. The van der Waals surface area contributed by atoms with Crippen molar-refractivity contribution in [3.05, 3.63) is 48.6 Å². The molecule has 0 atom stereocenters. The summed E-state index contributed by atoms with van der Waals surface area (Å²) in [6.45, 7) is 6.30. The smallest absolute Gasteiger partial charge is 0.451 e. The normalized spacial score (nSPS) is 20.5. The molecule has 0 unspecified atom stereocenters. The van der Waals surface area contributed by atoms with Crippen molar-refractivity contribution >= 4 is 11.0 Å². The molecule has 2 fully saturated rings. The number of H-pyrrole nitrogens is 1. The number of hydrogen-bond acceptors (Lipinski definition) is 9. The van der Waals surface area contributed by atoms with E-state index in [0.29, 0.717) is 50.9 Å². The summed E-state index contributed by atoms with van der Waals surface area (Å²) in [5.74, 6) is -0.860. The number of fused-ring (bicyclic) bond motifs is 1. The Balaban J connectivity index is 1.07. The predicted molar refractivity (Wildman–Crippen MR) is 155 cm³/mol. The van der Waals surface area contributed by atoms with Crippen LogP contribution in [0.15, 0.2) is 37.1 Å². The molecule has 11 nitrogen and oxygen atoms in total. The van der Waals surface area contributed by atoms with E-state index >= 15 is 0 Å². The first-order valence-corrected chi connectivity index (χ1v) is 14.9.